The van der Waals surface area contributed by atoms with Gasteiger partial charge < -0.3 is 19.5 Å². The first-order valence-corrected chi connectivity index (χ1v) is 6.82. The fourth-order valence-electron chi connectivity index (χ4n) is 1.81. The van der Waals surface area contributed by atoms with Crippen molar-refractivity contribution in [2.75, 3.05) is 32.0 Å². The van der Waals surface area contributed by atoms with Crippen molar-refractivity contribution in [2.24, 2.45) is 0 Å². The van der Waals surface area contributed by atoms with Crippen LogP contribution in [0.15, 0.2) is 24.4 Å². The van der Waals surface area contributed by atoms with Gasteiger partial charge in [0.05, 0.1) is 33.2 Å². The number of amides is 2. The van der Waals surface area contributed by atoms with E-state index in [2.05, 4.69) is 25.6 Å². The fraction of sp³-hybridized carbons (Fsp3) is 0.286. The second-order valence-electron chi connectivity index (χ2n) is 4.49. The average molecular weight is 335 g/mol. The molecule has 2 amide bonds. The Kier molecular flexibility index (Phi) is 5.55. The molecule has 0 saturated heterocycles. The summed E-state index contributed by atoms with van der Waals surface area (Å²) in [6, 6.07) is 5.01. The predicted molar refractivity (Wildman–Crippen MR) is 84.2 cm³/mol. The standard InChI is InChI=1S/C14H17N5O5/c1-22-9-4-5-10(11(6-9)23-2)16-13(20)8-19-15-7-12(18-19)17-14(21)24-3/h4-7H,8H2,1-3H3,(H,16,20)(H,17,18,21). The SMILES string of the molecule is COC(=O)Nc1cnn(CC(=O)Nc2ccc(OC)cc2OC)n1. The van der Waals surface area contributed by atoms with Gasteiger partial charge in [0.15, 0.2) is 5.82 Å². The highest BCUT2D eigenvalue weighted by atomic mass is 16.5. The largest absolute Gasteiger partial charge is 0.497 e. The molecule has 0 atom stereocenters. The summed E-state index contributed by atoms with van der Waals surface area (Å²) in [6.45, 7) is -0.141. The van der Waals surface area contributed by atoms with E-state index < -0.39 is 6.09 Å². The predicted octanol–water partition coefficient (Wildman–Crippen LogP) is 1.11. The van der Waals surface area contributed by atoms with Crippen LogP contribution in [0.4, 0.5) is 16.3 Å². The topological polar surface area (TPSA) is 117 Å². The smallest absolute Gasteiger partial charge is 0.412 e. The number of nitrogens with one attached hydrogen (secondary N) is 2. The summed E-state index contributed by atoms with van der Waals surface area (Å²) in [6.07, 6.45) is 0.632. The molecule has 2 aromatic rings. The number of ether oxygens (including phenoxy) is 3. The number of benzene rings is 1. The first-order chi connectivity index (χ1) is 11.5. The molecule has 1 aromatic carbocycles. The van der Waals surface area contributed by atoms with Gasteiger partial charge in [0.2, 0.25) is 5.91 Å². The Morgan fingerprint density at radius 3 is 2.62 bits per heavy atom. The Morgan fingerprint density at radius 2 is 1.96 bits per heavy atom. The van der Waals surface area contributed by atoms with Gasteiger partial charge in [-0.05, 0) is 12.1 Å². The number of rotatable bonds is 6. The normalized spacial score (nSPS) is 9.96. The van der Waals surface area contributed by atoms with E-state index in [9.17, 15) is 9.59 Å². The van der Waals surface area contributed by atoms with Crippen molar-refractivity contribution < 1.29 is 23.8 Å². The van der Waals surface area contributed by atoms with Crippen molar-refractivity contribution in [2.45, 2.75) is 6.54 Å². The van der Waals surface area contributed by atoms with Gasteiger partial charge in [0.1, 0.15) is 18.0 Å². The van der Waals surface area contributed by atoms with Crippen molar-refractivity contribution >= 4 is 23.5 Å². The van der Waals surface area contributed by atoms with Gasteiger partial charge in [-0.3, -0.25) is 10.1 Å². The van der Waals surface area contributed by atoms with E-state index >= 15 is 0 Å². The molecule has 0 bridgehead atoms. The minimum atomic E-state index is -0.672. The van der Waals surface area contributed by atoms with Gasteiger partial charge in [-0.25, -0.2) is 4.79 Å². The minimum Gasteiger partial charge on any atom is -0.497 e. The third-order valence-corrected chi connectivity index (χ3v) is 2.92. The molecular weight excluding hydrogens is 318 g/mol. The molecule has 0 saturated carbocycles. The molecule has 1 aromatic heterocycles. The zero-order chi connectivity index (χ0) is 17.5. The monoisotopic (exact) mass is 335 g/mol. The summed E-state index contributed by atoms with van der Waals surface area (Å²) >= 11 is 0. The second-order valence-corrected chi connectivity index (χ2v) is 4.49. The Balaban J connectivity index is 1.99. The van der Waals surface area contributed by atoms with Crippen LogP contribution in [0.1, 0.15) is 0 Å². The van der Waals surface area contributed by atoms with Crippen LogP contribution < -0.4 is 20.1 Å². The number of anilines is 2. The molecule has 2 rings (SSSR count). The van der Waals surface area contributed by atoms with Gasteiger partial charge in [0, 0.05) is 6.07 Å². The number of hydrogen-bond acceptors (Lipinski definition) is 7. The van der Waals surface area contributed by atoms with Crippen molar-refractivity contribution in [3.05, 3.63) is 24.4 Å². The van der Waals surface area contributed by atoms with Gasteiger partial charge >= 0.3 is 6.09 Å². The maximum atomic E-state index is 12.1. The van der Waals surface area contributed by atoms with Crippen molar-refractivity contribution in [1.82, 2.24) is 15.0 Å². The molecular formula is C14H17N5O5. The fourth-order valence-corrected chi connectivity index (χ4v) is 1.81. The molecule has 2 N–H and O–H groups in total. The molecule has 10 heteroatoms. The summed E-state index contributed by atoms with van der Waals surface area (Å²) in [5, 5.41) is 12.8. The summed E-state index contributed by atoms with van der Waals surface area (Å²) in [5.41, 5.74) is 0.489. The first kappa shape index (κ1) is 17.1. The molecule has 0 aliphatic carbocycles. The van der Waals surface area contributed by atoms with E-state index in [0.29, 0.717) is 17.2 Å². The van der Waals surface area contributed by atoms with Crippen LogP contribution in [0.5, 0.6) is 11.5 Å². The maximum absolute atomic E-state index is 12.1. The summed E-state index contributed by atoms with van der Waals surface area (Å²) < 4.78 is 14.7. The van der Waals surface area contributed by atoms with Crippen molar-refractivity contribution in [3.8, 4) is 11.5 Å². The molecule has 1 heterocycles. The minimum absolute atomic E-state index is 0.141. The highest BCUT2D eigenvalue weighted by Crippen LogP contribution is 2.28. The maximum Gasteiger partial charge on any atom is 0.412 e. The molecule has 0 aliphatic heterocycles. The molecule has 24 heavy (non-hydrogen) atoms. The Hall–Kier alpha value is -3.30. The molecule has 0 radical (unpaired) electrons. The third kappa shape index (κ3) is 4.35. The van der Waals surface area contributed by atoms with Crippen LogP contribution in [0.25, 0.3) is 0 Å². The second kappa shape index (κ2) is 7.81. The van der Waals surface area contributed by atoms with Gasteiger partial charge in [-0.2, -0.15) is 9.90 Å². The van der Waals surface area contributed by atoms with Crippen LogP contribution in [0.3, 0.4) is 0 Å². The van der Waals surface area contributed by atoms with Gasteiger partial charge in [-0.15, -0.1) is 5.10 Å². The van der Waals surface area contributed by atoms with E-state index in [-0.39, 0.29) is 18.3 Å². The van der Waals surface area contributed by atoms with Crippen LogP contribution in [-0.4, -0.2) is 48.3 Å². The lowest BCUT2D eigenvalue weighted by molar-refractivity contribution is -0.117. The summed E-state index contributed by atoms with van der Waals surface area (Å²) in [7, 11) is 4.26. The number of methoxy groups -OCH3 is 3. The molecule has 0 unspecified atom stereocenters. The third-order valence-electron chi connectivity index (χ3n) is 2.92. The van der Waals surface area contributed by atoms with Gasteiger partial charge in [0.25, 0.3) is 0 Å². The Morgan fingerprint density at radius 1 is 1.17 bits per heavy atom. The van der Waals surface area contributed by atoms with Gasteiger partial charge in [-0.1, -0.05) is 0 Å². The summed E-state index contributed by atoms with van der Waals surface area (Å²) in [5.74, 6) is 0.886. The molecule has 10 nitrogen and oxygen atoms in total. The lowest BCUT2D eigenvalue weighted by Crippen LogP contribution is -2.21. The zero-order valence-corrected chi connectivity index (χ0v) is 13.4. The molecule has 0 fully saturated rings. The van der Waals surface area contributed by atoms with E-state index in [1.807, 2.05) is 0 Å². The van der Waals surface area contributed by atoms with Crippen LogP contribution in [0.2, 0.25) is 0 Å². The van der Waals surface area contributed by atoms with E-state index in [4.69, 9.17) is 9.47 Å². The van der Waals surface area contributed by atoms with Crippen LogP contribution in [-0.2, 0) is 16.1 Å². The number of carbonyl (C=O) groups is 2. The van der Waals surface area contributed by atoms with E-state index in [1.165, 1.54) is 27.5 Å². The number of aromatic nitrogens is 3. The molecule has 0 aliphatic rings. The highest BCUT2D eigenvalue weighted by Gasteiger charge is 2.12. The Bertz CT molecular complexity index is 730. The van der Waals surface area contributed by atoms with Crippen molar-refractivity contribution in [1.29, 1.82) is 0 Å². The highest BCUT2D eigenvalue weighted by molar-refractivity contribution is 5.92. The van der Waals surface area contributed by atoms with Crippen molar-refractivity contribution in [3.63, 3.8) is 0 Å². The Labute approximate surface area is 137 Å². The summed E-state index contributed by atoms with van der Waals surface area (Å²) in [4.78, 5) is 24.3. The quantitative estimate of drug-likeness (QED) is 0.812. The number of carbonyl (C=O) groups excluding carboxylic acids is 2. The number of hydrogen-bond donors (Lipinski definition) is 2. The zero-order valence-electron chi connectivity index (χ0n) is 13.4. The van der Waals surface area contributed by atoms with E-state index in [1.54, 1.807) is 18.2 Å². The average Bonchev–Trinajstić information content (AvgIpc) is 3.01. The lowest BCUT2D eigenvalue weighted by atomic mass is 10.2. The van der Waals surface area contributed by atoms with Crippen LogP contribution >= 0.6 is 0 Å². The van der Waals surface area contributed by atoms with Crippen LogP contribution in [0, 0.1) is 0 Å². The molecule has 128 valence electrons. The molecule has 0 spiro atoms. The first-order valence-electron chi connectivity index (χ1n) is 6.82. The van der Waals surface area contributed by atoms with E-state index in [0.717, 1.165) is 4.80 Å². The number of nitrogens with zero attached hydrogens (tertiary/aromatic N) is 3. The lowest BCUT2D eigenvalue weighted by Gasteiger charge is -2.11.